The lowest BCUT2D eigenvalue weighted by Crippen LogP contribution is -1.97. The summed E-state index contributed by atoms with van der Waals surface area (Å²) in [5.41, 5.74) is 0. The van der Waals surface area contributed by atoms with Gasteiger partial charge < -0.3 is 0 Å². The fraction of sp³-hybridized carbons (Fsp3) is 1.00. The van der Waals surface area contributed by atoms with Crippen LogP contribution < -0.4 is 0 Å². The van der Waals surface area contributed by atoms with E-state index in [0.29, 0.717) is 0 Å². The van der Waals surface area contributed by atoms with E-state index in [4.69, 9.17) is 0 Å². The minimum atomic E-state index is -0.271. The van der Waals surface area contributed by atoms with Gasteiger partial charge in [-0.3, -0.25) is 0 Å². The lowest BCUT2D eigenvalue weighted by atomic mass is 10.0. The number of unbranched alkanes of at least 4 members (excludes halogenated alkanes) is 20. The minimum Gasteiger partial charge on any atom is -0.0722 e. The highest BCUT2D eigenvalue weighted by atomic mass is 28.3. The Balaban J connectivity index is 2.97. The average molecular weight is 383 g/mol. The summed E-state index contributed by atoms with van der Waals surface area (Å²) in [6.45, 7) is 7.27. The van der Waals surface area contributed by atoms with Crippen molar-refractivity contribution in [2.45, 2.75) is 161 Å². The van der Waals surface area contributed by atoms with E-state index in [1.165, 1.54) is 135 Å². The number of hydrogen-bond acceptors (Lipinski definition) is 0. The Morgan fingerprint density at radius 2 is 0.577 bits per heavy atom. The van der Waals surface area contributed by atoms with E-state index >= 15 is 0 Å². The van der Waals surface area contributed by atoms with Gasteiger partial charge in [0.2, 0.25) is 0 Å². The van der Waals surface area contributed by atoms with Gasteiger partial charge in [0.25, 0.3) is 0 Å². The van der Waals surface area contributed by atoms with Crippen LogP contribution in [0, 0.1) is 0 Å². The molecule has 0 N–H and O–H groups in total. The molecule has 0 saturated carbocycles. The molecule has 0 fully saturated rings. The van der Waals surface area contributed by atoms with Crippen LogP contribution in [-0.4, -0.2) is 8.80 Å². The zero-order valence-electron chi connectivity index (χ0n) is 19.1. The van der Waals surface area contributed by atoms with Gasteiger partial charge in [0, 0.05) is 8.80 Å². The Morgan fingerprint density at radius 1 is 0.346 bits per heavy atom. The molecule has 0 amide bonds. The van der Waals surface area contributed by atoms with Crippen LogP contribution in [0.3, 0.4) is 0 Å². The summed E-state index contributed by atoms with van der Waals surface area (Å²) >= 11 is 0. The fourth-order valence-corrected chi connectivity index (χ4v) is 5.09. The highest BCUT2D eigenvalue weighted by Gasteiger charge is 1.97. The van der Waals surface area contributed by atoms with Gasteiger partial charge in [-0.1, -0.05) is 161 Å². The molecule has 0 rings (SSSR count). The second kappa shape index (κ2) is 23.3. The van der Waals surface area contributed by atoms with Crippen molar-refractivity contribution in [1.82, 2.24) is 0 Å². The van der Waals surface area contributed by atoms with Crippen molar-refractivity contribution in [1.29, 1.82) is 0 Å². The summed E-state index contributed by atoms with van der Waals surface area (Å²) in [7, 11) is -0.271. The summed E-state index contributed by atoms with van der Waals surface area (Å²) < 4.78 is 0. The summed E-state index contributed by atoms with van der Waals surface area (Å²) in [5.74, 6) is 0. The van der Waals surface area contributed by atoms with Crippen molar-refractivity contribution in [3.05, 3.63) is 0 Å². The Bertz CT molecular complexity index is 236. The summed E-state index contributed by atoms with van der Waals surface area (Å²) in [6, 6.07) is 1.57. The second-order valence-electron chi connectivity index (χ2n) is 9.25. The molecule has 0 spiro atoms. The van der Waals surface area contributed by atoms with Gasteiger partial charge in [0.15, 0.2) is 0 Å². The third kappa shape index (κ3) is 24.2. The molecule has 0 bridgehead atoms. The van der Waals surface area contributed by atoms with E-state index in [9.17, 15) is 0 Å². The van der Waals surface area contributed by atoms with Crippen molar-refractivity contribution in [3.63, 3.8) is 0 Å². The van der Waals surface area contributed by atoms with Crippen molar-refractivity contribution in [2.75, 3.05) is 0 Å². The van der Waals surface area contributed by atoms with Crippen LogP contribution in [0.4, 0.5) is 0 Å². The Morgan fingerprint density at radius 3 is 0.808 bits per heavy atom. The standard InChI is InChI=1S/C25H54Si/c1-4-5-6-7-8-9-10-11-12-13-14-15-16-17-18-19-20-21-22-23-24-25-26(2)3/h26H,4-25H2,1-3H3. The third-order valence-corrected chi connectivity index (χ3v) is 7.45. The minimum absolute atomic E-state index is 0.271. The van der Waals surface area contributed by atoms with Gasteiger partial charge in [-0.25, -0.2) is 0 Å². The van der Waals surface area contributed by atoms with Crippen molar-refractivity contribution in [2.24, 2.45) is 0 Å². The molecule has 26 heavy (non-hydrogen) atoms. The molecule has 0 aliphatic rings. The SMILES string of the molecule is CCCCCCCCCCCCCCCCCCCCCCC[SiH](C)C. The van der Waals surface area contributed by atoms with Gasteiger partial charge >= 0.3 is 0 Å². The van der Waals surface area contributed by atoms with Gasteiger partial charge in [0.1, 0.15) is 0 Å². The number of hydrogen-bond donors (Lipinski definition) is 0. The van der Waals surface area contributed by atoms with Crippen molar-refractivity contribution in [3.8, 4) is 0 Å². The predicted octanol–water partition coefficient (Wildman–Crippen LogP) is 9.69. The monoisotopic (exact) mass is 382 g/mol. The smallest absolute Gasteiger partial charge is 0.0305 e. The maximum atomic E-state index is 2.48. The quantitative estimate of drug-likeness (QED) is 0.129. The zero-order chi connectivity index (χ0) is 19.1. The lowest BCUT2D eigenvalue weighted by Gasteiger charge is -2.04. The van der Waals surface area contributed by atoms with Crippen molar-refractivity contribution < 1.29 is 0 Å². The Kier molecular flexibility index (Phi) is 23.5. The molecular formula is C25H54Si. The van der Waals surface area contributed by atoms with Crippen LogP contribution in [-0.2, 0) is 0 Å². The summed E-state index contributed by atoms with van der Waals surface area (Å²) in [6.07, 6.45) is 31.2. The van der Waals surface area contributed by atoms with E-state index in [1.54, 1.807) is 6.04 Å². The maximum absolute atomic E-state index is 2.48. The average Bonchev–Trinajstić information content (AvgIpc) is 2.62. The molecule has 0 aromatic heterocycles. The molecule has 0 unspecified atom stereocenters. The molecule has 158 valence electrons. The van der Waals surface area contributed by atoms with Crippen LogP contribution in [0.15, 0.2) is 0 Å². The van der Waals surface area contributed by atoms with Crippen molar-refractivity contribution >= 4 is 8.80 Å². The van der Waals surface area contributed by atoms with Gasteiger partial charge in [-0.2, -0.15) is 0 Å². The highest BCUT2D eigenvalue weighted by molar-refractivity contribution is 6.55. The van der Waals surface area contributed by atoms with Crippen LogP contribution in [0.2, 0.25) is 19.1 Å². The summed E-state index contributed by atoms with van der Waals surface area (Å²) in [5, 5.41) is 0. The zero-order valence-corrected chi connectivity index (χ0v) is 20.3. The van der Waals surface area contributed by atoms with E-state index in [-0.39, 0.29) is 8.80 Å². The largest absolute Gasteiger partial charge is 0.0722 e. The molecule has 0 aliphatic heterocycles. The fourth-order valence-electron chi connectivity index (χ4n) is 3.98. The van der Waals surface area contributed by atoms with Crippen LogP contribution >= 0.6 is 0 Å². The van der Waals surface area contributed by atoms with Gasteiger partial charge in [0.05, 0.1) is 0 Å². The first-order chi connectivity index (χ1) is 12.8. The Labute approximate surface area is 169 Å². The molecular weight excluding hydrogens is 328 g/mol. The first-order valence-electron chi connectivity index (χ1n) is 12.8. The second-order valence-corrected chi connectivity index (χ2v) is 12.6. The van der Waals surface area contributed by atoms with Gasteiger partial charge in [-0.15, -0.1) is 0 Å². The lowest BCUT2D eigenvalue weighted by molar-refractivity contribution is 0.521. The van der Waals surface area contributed by atoms with Crippen LogP contribution in [0.25, 0.3) is 0 Å². The molecule has 0 atom stereocenters. The van der Waals surface area contributed by atoms with Crippen LogP contribution in [0.5, 0.6) is 0 Å². The molecule has 0 saturated heterocycles. The van der Waals surface area contributed by atoms with E-state index < -0.39 is 0 Å². The van der Waals surface area contributed by atoms with E-state index in [1.807, 2.05) is 0 Å². The topological polar surface area (TPSA) is 0 Å². The molecule has 0 radical (unpaired) electrons. The van der Waals surface area contributed by atoms with E-state index in [2.05, 4.69) is 20.0 Å². The van der Waals surface area contributed by atoms with Gasteiger partial charge in [-0.05, 0) is 0 Å². The molecule has 0 aliphatic carbocycles. The normalized spacial score (nSPS) is 11.5. The molecule has 0 nitrogen and oxygen atoms in total. The molecule has 1 heteroatoms. The first-order valence-corrected chi connectivity index (χ1v) is 15.9. The summed E-state index contributed by atoms with van der Waals surface area (Å²) in [4.78, 5) is 0. The van der Waals surface area contributed by atoms with Crippen LogP contribution in [0.1, 0.15) is 142 Å². The van der Waals surface area contributed by atoms with E-state index in [0.717, 1.165) is 0 Å². The molecule has 0 heterocycles. The molecule has 0 aromatic carbocycles. The number of rotatable bonds is 22. The third-order valence-electron chi connectivity index (χ3n) is 5.89. The highest BCUT2D eigenvalue weighted by Crippen LogP contribution is 2.15. The Hall–Kier alpha value is 0.217. The predicted molar refractivity (Wildman–Crippen MR) is 126 cm³/mol. The maximum Gasteiger partial charge on any atom is 0.0305 e. The molecule has 0 aromatic rings. The first kappa shape index (κ1) is 26.2.